The van der Waals surface area contributed by atoms with Gasteiger partial charge in [-0.2, -0.15) is 0 Å². The molecule has 0 fully saturated rings. The van der Waals surface area contributed by atoms with E-state index in [2.05, 4.69) is 15.9 Å². The first kappa shape index (κ1) is 14.2. The highest BCUT2D eigenvalue weighted by molar-refractivity contribution is 9.10. The molecular weight excluding hydrogens is 284 g/mol. The summed E-state index contributed by atoms with van der Waals surface area (Å²) in [6, 6.07) is 5.76. The van der Waals surface area contributed by atoms with Crippen molar-refractivity contribution in [3.05, 3.63) is 28.2 Å². The Hall–Kier alpha value is -0.870. The molecule has 1 aromatic carbocycles. The molecule has 0 aromatic heterocycles. The van der Waals surface area contributed by atoms with Crippen LogP contribution in [0.5, 0.6) is 5.75 Å². The molecule has 17 heavy (non-hydrogen) atoms. The van der Waals surface area contributed by atoms with Crippen LogP contribution in [0.15, 0.2) is 22.7 Å². The number of methoxy groups -OCH3 is 1. The fraction of sp³-hybridized carbons (Fsp3) is 0.462. The molecule has 0 saturated carbocycles. The van der Waals surface area contributed by atoms with Crippen LogP contribution in [0.25, 0.3) is 0 Å². The average Bonchev–Trinajstić information content (AvgIpc) is 2.28. The van der Waals surface area contributed by atoms with E-state index in [0.29, 0.717) is 12.8 Å². The third kappa shape index (κ3) is 4.13. The number of carbonyl (C=O) groups excluding carboxylic acids is 1. The highest BCUT2D eigenvalue weighted by atomic mass is 79.9. The summed E-state index contributed by atoms with van der Waals surface area (Å²) >= 11 is 3.41. The van der Waals surface area contributed by atoms with Gasteiger partial charge in [-0.3, -0.25) is 4.79 Å². The van der Waals surface area contributed by atoms with Gasteiger partial charge < -0.3 is 9.84 Å². The molecule has 0 bridgehead atoms. The zero-order valence-corrected chi connectivity index (χ0v) is 11.7. The molecule has 0 radical (unpaired) electrons. The Morgan fingerprint density at radius 1 is 1.53 bits per heavy atom. The van der Waals surface area contributed by atoms with Gasteiger partial charge in [-0.15, -0.1) is 0 Å². The molecule has 1 unspecified atom stereocenters. The fourth-order valence-electron chi connectivity index (χ4n) is 1.73. The minimum Gasteiger partial charge on any atom is -0.496 e. The number of rotatable bonds is 6. The van der Waals surface area contributed by atoms with Crippen LogP contribution < -0.4 is 4.74 Å². The third-order valence-electron chi connectivity index (χ3n) is 2.75. The van der Waals surface area contributed by atoms with Crippen molar-refractivity contribution in [3.8, 4) is 5.75 Å². The lowest BCUT2D eigenvalue weighted by Gasteiger charge is -2.13. The van der Waals surface area contributed by atoms with Gasteiger partial charge in [-0.05, 0) is 53.4 Å². The third-order valence-corrected chi connectivity index (χ3v) is 3.37. The minimum absolute atomic E-state index is 0.0432. The lowest BCUT2D eigenvalue weighted by molar-refractivity contribution is -0.121. The Balaban J connectivity index is 2.79. The molecule has 0 amide bonds. The first-order valence-electron chi connectivity index (χ1n) is 5.52. The second-order valence-electron chi connectivity index (χ2n) is 3.99. The summed E-state index contributed by atoms with van der Waals surface area (Å²) in [5.41, 5.74) is 1.06. The summed E-state index contributed by atoms with van der Waals surface area (Å²) in [5.74, 6) is 0.779. The molecule has 1 atom stereocenters. The highest BCUT2D eigenvalue weighted by Gasteiger charge is 2.15. The number of Topliss-reactive ketones (excluding diaryl/α,β-unsaturated/α-hetero) is 1. The Morgan fingerprint density at radius 3 is 2.71 bits per heavy atom. The van der Waals surface area contributed by atoms with Gasteiger partial charge >= 0.3 is 0 Å². The van der Waals surface area contributed by atoms with Crippen molar-refractivity contribution >= 4 is 21.7 Å². The quantitative estimate of drug-likeness (QED) is 0.878. The zero-order valence-electron chi connectivity index (χ0n) is 10.1. The molecule has 94 valence electrons. The van der Waals surface area contributed by atoms with E-state index >= 15 is 0 Å². The van der Waals surface area contributed by atoms with Gasteiger partial charge in [-0.1, -0.05) is 6.07 Å². The summed E-state index contributed by atoms with van der Waals surface area (Å²) < 4.78 is 6.02. The number of hydrogen-bond donors (Lipinski definition) is 1. The molecule has 3 nitrogen and oxygen atoms in total. The predicted molar refractivity (Wildman–Crippen MR) is 70.3 cm³/mol. The molecule has 0 heterocycles. The van der Waals surface area contributed by atoms with E-state index in [9.17, 15) is 4.79 Å². The molecule has 0 aliphatic carbocycles. The summed E-state index contributed by atoms with van der Waals surface area (Å²) in [4.78, 5) is 11.4. The van der Waals surface area contributed by atoms with Crippen LogP contribution in [-0.4, -0.2) is 24.6 Å². The van der Waals surface area contributed by atoms with E-state index in [1.54, 1.807) is 14.0 Å². The molecule has 0 saturated heterocycles. The fourth-order valence-corrected chi connectivity index (χ4v) is 2.31. The second kappa shape index (κ2) is 6.77. The lowest BCUT2D eigenvalue weighted by Crippen LogP contribution is -2.15. The van der Waals surface area contributed by atoms with Crippen LogP contribution in [0.2, 0.25) is 0 Å². The van der Waals surface area contributed by atoms with Gasteiger partial charge in [0.2, 0.25) is 0 Å². The van der Waals surface area contributed by atoms with E-state index < -0.39 is 0 Å². The zero-order chi connectivity index (χ0) is 12.8. The van der Waals surface area contributed by atoms with E-state index in [1.165, 1.54) is 0 Å². The van der Waals surface area contributed by atoms with Crippen molar-refractivity contribution in [2.24, 2.45) is 5.92 Å². The van der Waals surface area contributed by atoms with Crippen LogP contribution in [-0.2, 0) is 11.2 Å². The number of ether oxygens (including phenoxy) is 1. The first-order valence-corrected chi connectivity index (χ1v) is 6.31. The van der Waals surface area contributed by atoms with Gasteiger partial charge in [0.1, 0.15) is 11.5 Å². The molecule has 0 spiro atoms. The van der Waals surface area contributed by atoms with Gasteiger partial charge in [0.05, 0.1) is 11.6 Å². The van der Waals surface area contributed by atoms with E-state index in [1.807, 2.05) is 18.2 Å². The maximum atomic E-state index is 11.4. The number of aliphatic hydroxyl groups excluding tert-OH is 1. The van der Waals surface area contributed by atoms with Crippen molar-refractivity contribution in [2.75, 3.05) is 13.7 Å². The Bertz CT molecular complexity index is 390. The molecule has 1 N–H and O–H groups in total. The topological polar surface area (TPSA) is 46.5 Å². The summed E-state index contributed by atoms with van der Waals surface area (Å²) in [6.07, 6.45) is 1.16. The van der Waals surface area contributed by atoms with Crippen molar-refractivity contribution in [1.29, 1.82) is 0 Å². The van der Waals surface area contributed by atoms with Crippen molar-refractivity contribution in [1.82, 2.24) is 0 Å². The first-order chi connectivity index (χ1) is 8.08. The predicted octanol–water partition coefficient (Wildman–Crippen LogP) is 2.59. The number of halogens is 1. The normalized spacial score (nSPS) is 12.2. The number of benzene rings is 1. The molecule has 0 aliphatic heterocycles. The molecule has 0 aliphatic rings. The van der Waals surface area contributed by atoms with Crippen molar-refractivity contribution in [2.45, 2.75) is 19.8 Å². The maximum absolute atomic E-state index is 11.4. The molecule has 1 aromatic rings. The largest absolute Gasteiger partial charge is 0.496 e. The number of aliphatic hydroxyl groups is 1. The lowest BCUT2D eigenvalue weighted by atomic mass is 9.93. The van der Waals surface area contributed by atoms with Crippen LogP contribution in [0.1, 0.15) is 18.9 Å². The average molecular weight is 301 g/mol. The summed E-state index contributed by atoms with van der Waals surface area (Å²) in [6.45, 7) is 1.61. The summed E-state index contributed by atoms with van der Waals surface area (Å²) in [7, 11) is 1.61. The maximum Gasteiger partial charge on any atom is 0.133 e. The van der Waals surface area contributed by atoms with Crippen LogP contribution >= 0.6 is 15.9 Å². The van der Waals surface area contributed by atoms with Crippen LogP contribution in [0, 0.1) is 5.92 Å². The Morgan fingerprint density at radius 2 is 2.24 bits per heavy atom. The van der Waals surface area contributed by atoms with Crippen LogP contribution in [0.3, 0.4) is 0 Å². The number of ketones is 1. The second-order valence-corrected chi connectivity index (χ2v) is 4.85. The smallest absolute Gasteiger partial charge is 0.133 e. The molecular formula is C13H17BrO3. The van der Waals surface area contributed by atoms with Gasteiger partial charge in [-0.25, -0.2) is 0 Å². The van der Waals surface area contributed by atoms with Crippen molar-refractivity contribution < 1.29 is 14.6 Å². The standard InChI is InChI=1S/C13H17BrO3/c1-9(16)11(5-6-15)7-10-3-4-13(17-2)12(14)8-10/h3-4,8,11,15H,5-7H2,1-2H3. The van der Waals surface area contributed by atoms with Gasteiger partial charge in [0, 0.05) is 12.5 Å². The van der Waals surface area contributed by atoms with Crippen LogP contribution in [0.4, 0.5) is 0 Å². The van der Waals surface area contributed by atoms with Crippen molar-refractivity contribution in [3.63, 3.8) is 0 Å². The Kier molecular flexibility index (Phi) is 5.65. The Labute approximate surface area is 110 Å². The number of carbonyl (C=O) groups is 1. The van der Waals surface area contributed by atoms with Gasteiger partial charge in [0.25, 0.3) is 0 Å². The number of hydrogen-bond acceptors (Lipinski definition) is 3. The van der Waals surface area contributed by atoms with E-state index in [-0.39, 0.29) is 18.3 Å². The monoisotopic (exact) mass is 300 g/mol. The minimum atomic E-state index is -0.111. The van der Waals surface area contributed by atoms with Gasteiger partial charge in [0.15, 0.2) is 0 Å². The van der Waals surface area contributed by atoms with E-state index in [4.69, 9.17) is 9.84 Å². The highest BCUT2D eigenvalue weighted by Crippen LogP contribution is 2.27. The SMILES string of the molecule is COc1ccc(CC(CCO)C(C)=O)cc1Br. The summed E-state index contributed by atoms with van der Waals surface area (Å²) in [5, 5.41) is 8.92. The molecule has 4 heteroatoms. The van der Waals surface area contributed by atoms with E-state index in [0.717, 1.165) is 15.8 Å². The molecule has 1 rings (SSSR count).